The summed E-state index contributed by atoms with van der Waals surface area (Å²) < 4.78 is 25.9. The highest BCUT2D eigenvalue weighted by Crippen LogP contribution is 2.21. The van der Waals surface area contributed by atoms with Crippen molar-refractivity contribution in [2.24, 2.45) is 0 Å². The number of nitriles is 1. The summed E-state index contributed by atoms with van der Waals surface area (Å²) >= 11 is 0.542. The molecule has 0 aliphatic heterocycles. The number of benzene rings is 1. The van der Waals surface area contributed by atoms with Crippen LogP contribution in [0.1, 0.15) is 20.8 Å². The van der Waals surface area contributed by atoms with E-state index in [9.17, 15) is 22.8 Å². The molecule has 0 unspecified atom stereocenters. The van der Waals surface area contributed by atoms with E-state index in [-0.39, 0.29) is 16.3 Å². The van der Waals surface area contributed by atoms with Gasteiger partial charge in [-0.2, -0.15) is 5.26 Å². The number of nitrogens with zero attached hydrogens (tertiary/aromatic N) is 3. The van der Waals surface area contributed by atoms with Gasteiger partial charge >= 0.3 is 11.7 Å². The first-order chi connectivity index (χ1) is 12.6. The maximum absolute atomic E-state index is 12.7. The van der Waals surface area contributed by atoms with Crippen molar-refractivity contribution >= 4 is 32.0 Å². The summed E-state index contributed by atoms with van der Waals surface area (Å²) in [7, 11) is -4.03. The summed E-state index contributed by atoms with van der Waals surface area (Å²) in [5.41, 5.74) is -0.985. The van der Waals surface area contributed by atoms with Crippen LogP contribution in [0.5, 0.6) is 0 Å². The second-order valence-electron chi connectivity index (χ2n) is 5.66. The van der Waals surface area contributed by atoms with Gasteiger partial charge in [0.15, 0.2) is 14.7 Å². The van der Waals surface area contributed by atoms with Crippen LogP contribution >= 0.6 is 11.3 Å². The minimum absolute atomic E-state index is 0.229. The molecule has 0 atom stereocenters. The molecule has 0 radical (unpaired) electrons. The standard InChI is InChI=1S/C16H11N3O6S2/c1-27(24,25)12-13(20)18(7-10-4-2-9(6-17)3-5-10)16(23)19-8-11(15(21)22)26-14(12)19/h2-5,8H,7H2,1H3,(H,21,22). The molecule has 3 aromatic rings. The second kappa shape index (κ2) is 6.49. The molecule has 0 aliphatic carbocycles. The van der Waals surface area contributed by atoms with Crippen LogP contribution in [0.4, 0.5) is 0 Å². The number of thiazole rings is 1. The van der Waals surface area contributed by atoms with Crippen molar-refractivity contribution in [3.05, 3.63) is 67.3 Å². The van der Waals surface area contributed by atoms with Crippen LogP contribution in [-0.2, 0) is 16.4 Å². The number of rotatable bonds is 4. The number of fused-ring (bicyclic) bond motifs is 1. The molecule has 9 nitrogen and oxygen atoms in total. The molecule has 11 heteroatoms. The normalized spacial score (nSPS) is 11.4. The lowest BCUT2D eigenvalue weighted by Crippen LogP contribution is -2.40. The Balaban J connectivity index is 2.32. The quantitative estimate of drug-likeness (QED) is 0.668. The Bertz CT molecular complexity index is 1340. The largest absolute Gasteiger partial charge is 0.477 e. The third-order valence-corrected chi connectivity index (χ3v) is 6.08. The van der Waals surface area contributed by atoms with E-state index in [0.717, 1.165) is 21.4 Å². The van der Waals surface area contributed by atoms with E-state index in [1.54, 1.807) is 0 Å². The molecule has 0 fully saturated rings. The van der Waals surface area contributed by atoms with E-state index in [4.69, 9.17) is 10.4 Å². The van der Waals surface area contributed by atoms with Crippen LogP contribution in [0.15, 0.2) is 44.9 Å². The predicted octanol–water partition coefficient (Wildman–Crippen LogP) is 0.544. The van der Waals surface area contributed by atoms with Gasteiger partial charge in [0.05, 0.1) is 18.2 Å². The van der Waals surface area contributed by atoms with Crippen molar-refractivity contribution < 1.29 is 18.3 Å². The van der Waals surface area contributed by atoms with Gasteiger partial charge < -0.3 is 5.11 Å². The molecule has 0 saturated heterocycles. The Morgan fingerprint density at radius 2 is 1.89 bits per heavy atom. The number of carboxylic acid groups (broad SMARTS) is 1. The van der Waals surface area contributed by atoms with Gasteiger partial charge in [0.1, 0.15) is 9.71 Å². The molecule has 0 amide bonds. The third kappa shape index (κ3) is 3.27. The van der Waals surface area contributed by atoms with Crippen LogP contribution in [0.3, 0.4) is 0 Å². The van der Waals surface area contributed by atoms with Crippen LogP contribution in [0, 0.1) is 11.3 Å². The Morgan fingerprint density at radius 3 is 2.41 bits per heavy atom. The van der Waals surface area contributed by atoms with Crippen molar-refractivity contribution in [2.45, 2.75) is 11.4 Å². The van der Waals surface area contributed by atoms with Crippen LogP contribution in [0.2, 0.25) is 0 Å². The highest BCUT2D eigenvalue weighted by atomic mass is 32.2. The zero-order valence-electron chi connectivity index (χ0n) is 13.7. The summed E-state index contributed by atoms with van der Waals surface area (Å²) in [6.45, 7) is -0.229. The Kier molecular flexibility index (Phi) is 4.46. The molecule has 1 aromatic carbocycles. The van der Waals surface area contributed by atoms with Crippen molar-refractivity contribution in [1.82, 2.24) is 8.97 Å². The molecule has 0 spiro atoms. The monoisotopic (exact) mass is 405 g/mol. The summed E-state index contributed by atoms with van der Waals surface area (Å²) in [6.07, 6.45) is 1.81. The first-order valence-corrected chi connectivity index (χ1v) is 10.1. The summed E-state index contributed by atoms with van der Waals surface area (Å²) in [6, 6.07) is 8.02. The van der Waals surface area contributed by atoms with E-state index in [0.29, 0.717) is 22.5 Å². The van der Waals surface area contributed by atoms with Gasteiger partial charge in [-0.25, -0.2) is 18.0 Å². The SMILES string of the molecule is CS(=O)(=O)c1c(=O)n(Cc2ccc(C#N)cc2)c(=O)n2cc(C(=O)O)sc12. The molecule has 0 bridgehead atoms. The maximum atomic E-state index is 12.7. The Hall–Kier alpha value is -3.23. The van der Waals surface area contributed by atoms with Crippen molar-refractivity contribution in [3.63, 3.8) is 0 Å². The zero-order chi connectivity index (χ0) is 19.9. The number of hydrogen-bond acceptors (Lipinski definition) is 7. The molecular formula is C16H11N3O6S2. The lowest BCUT2D eigenvalue weighted by Gasteiger charge is -2.09. The van der Waals surface area contributed by atoms with Crippen molar-refractivity contribution in [2.75, 3.05) is 6.26 Å². The number of carboxylic acids is 1. The predicted molar refractivity (Wildman–Crippen MR) is 96.1 cm³/mol. The fraction of sp³-hybridized carbons (Fsp3) is 0.125. The number of hydrogen-bond donors (Lipinski definition) is 1. The molecule has 2 heterocycles. The van der Waals surface area contributed by atoms with Crippen LogP contribution < -0.4 is 11.2 Å². The molecule has 2 aromatic heterocycles. The average molecular weight is 405 g/mol. The fourth-order valence-corrected chi connectivity index (χ4v) is 4.79. The van der Waals surface area contributed by atoms with E-state index < -0.39 is 32.0 Å². The second-order valence-corrected chi connectivity index (χ2v) is 8.64. The molecule has 0 saturated carbocycles. The summed E-state index contributed by atoms with van der Waals surface area (Å²) in [4.78, 5) is 35.5. The molecule has 27 heavy (non-hydrogen) atoms. The van der Waals surface area contributed by atoms with Crippen molar-refractivity contribution in [1.29, 1.82) is 5.26 Å². The topological polar surface area (TPSA) is 139 Å². The fourth-order valence-electron chi connectivity index (χ4n) is 2.51. The van der Waals surface area contributed by atoms with E-state index in [1.165, 1.54) is 24.3 Å². The summed E-state index contributed by atoms with van der Waals surface area (Å²) in [5, 5.41) is 18.0. The van der Waals surface area contributed by atoms with Crippen LogP contribution in [0.25, 0.3) is 4.83 Å². The van der Waals surface area contributed by atoms with Gasteiger partial charge in [0, 0.05) is 12.5 Å². The van der Waals surface area contributed by atoms with Gasteiger partial charge in [-0.3, -0.25) is 13.8 Å². The van der Waals surface area contributed by atoms with Crippen LogP contribution in [-0.4, -0.2) is 34.7 Å². The third-order valence-electron chi connectivity index (χ3n) is 3.75. The first-order valence-electron chi connectivity index (χ1n) is 7.35. The van der Waals surface area contributed by atoms with Gasteiger partial charge in [-0.1, -0.05) is 12.1 Å². The molecular weight excluding hydrogens is 394 g/mol. The van der Waals surface area contributed by atoms with Gasteiger partial charge in [-0.05, 0) is 17.7 Å². The minimum Gasteiger partial charge on any atom is -0.477 e. The lowest BCUT2D eigenvalue weighted by atomic mass is 10.1. The van der Waals surface area contributed by atoms with Crippen molar-refractivity contribution in [3.8, 4) is 6.07 Å². The highest BCUT2D eigenvalue weighted by molar-refractivity contribution is 7.91. The number of carbonyl (C=O) groups is 1. The Labute approximate surface area is 155 Å². The van der Waals surface area contributed by atoms with E-state index >= 15 is 0 Å². The zero-order valence-corrected chi connectivity index (χ0v) is 15.4. The average Bonchev–Trinajstić information content (AvgIpc) is 3.03. The summed E-state index contributed by atoms with van der Waals surface area (Å²) in [5.74, 6) is -1.34. The van der Waals surface area contributed by atoms with E-state index in [1.807, 2.05) is 6.07 Å². The smallest absolute Gasteiger partial charge is 0.347 e. The number of aromatic carboxylic acids is 1. The maximum Gasteiger partial charge on any atom is 0.347 e. The molecule has 0 aliphatic rings. The minimum atomic E-state index is -4.03. The lowest BCUT2D eigenvalue weighted by molar-refractivity contribution is 0.0701. The van der Waals surface area contributed by atoms with Gasteiger partial charge in [0.25, 0.3) is 5.56 Å². The van der Waals surface area contributed by atoms with E-state index in [2.05, 4.69) is 0 Å². The highest BCUT2D eigenvalue weighted by Gasteiger charge is 2.25. The first kappa shape index (κ1) is 18.6. The molecule has 3 rings (SSSR count). The molecule has 138 valence electrons. The van der Waals surface area contributed by atoms with Gasteiger partial charge in [-0.15, -0.1) is 11.3 Å². The van der Waals surface area contributed by atoms with Gasteiger partial charge in [0.2, 0.25) is 0 Å². The number of aromatic nitrogens is 2. The molecule has 1 N–H and O–H groups in total. The number of sulfone groups is 1. The Morgan fingerprint density at radius 1 is 1.26 bits per heavy atom.